The van der Waals surface area contributed by atoms with Gasteiger partial charge in [0.15, 0.2) is 0 Å². The molecular weight excluding hydrogens is 1480 g/mol. The minimum atomic E-state index is 0. The Morgan fingerprint density at radius 3 is 1.01 bits per heavy atom. The number of nitrogens with one attached hydrogen (secondary N) is 13. The van der Waals surface area contributed by atoms with Gasteiger partial charge < -0.3 is 36.8 Å². The summed E-state index contributed by atoms with van der Waals surface area (Å²) in [5.74, 6) is 9.51. The number of H-pyrrole nitrogens is 7. The molecule has 13 N–H and O–H groups in total. The van der Waals surface area contributed by atoms with E-state index in [0.29, 0.717) is 54.1 Å². The number of fused-ring (bicyclic) bond motifs is 7. The molecule has 0 saturated heterocycles. The predicted molar refractivity (Wildman–Crippen MR) is 489 cm³/mol. The highest BCUT2D eigenvalue weighted by Gasteiger charge is 2.26. The maximum absolute atomic E-state index is 4.58. The van der Waals surface area contributed by atoms with Crippen molar-refractivity contribution in [1.29, 1.82) is 0 Å². The largest absolute Gasteiger partial charge is 0.367 e. The highest BCUT2D eigenvalue weighted by Crippen LogP contribution is 2.35. The summed E-state index contributed by atoms with van der Waals surface area (Å²) in [6.45, 7) is 40.4. The zero-order valence-corrected chi connectivity index (χ0v) is 73.7. The minimum Gasteiger partial charge on any atom is -0.367 e. The van der Waals surface area contributed by atoms with E-state index in [2.05, 4.69) is 240 Å². The van der Waals surface area contributed by atoms with Gasteiger partial charge in [0.05, 0.1) is 76.3 Å². The van der Waals surface area contributed by atoms with Crippen LogP contribution in [0.25, 0.3) is 76.3 Å². The van der Waals surface area contributed by atoms with Gasteiger partial charge in [-0.2, -0.15) is 49.2 Å². The molecule has 0 spiro atoms. The van der Waals surface area contributed by atoms with Gasteiger partial charge in [0.2, 0.25) is 0 Å². The van der Waals surface area contributed by atoms with E-state index in [-0.39, 0.29) is 13.5 Å². The van der Waals surface area contributed by atoms with E-state index in [0.717, 1.165) is 170 Å². The van der Waals surface area contributed by atoms with Gasteiger partial charge in [0.25, 0.3) is 0 Å². The Hall–Kier alpha value is -10.7. The van der Waals surface area contributed by atoms with Gasteiger partial charge in [-0.25, -0.2) is 34.9 Å². The number of pyridine rings is 7. The lowest BCUT2D eigenvalue weighted by atomic mass is 9.84. The second-order valence-corrected chi connectivity index (χ2v) is 33.2. The maximum Gasteiger partial charge on any atom is 0.139 e. The Bertz CT molecular complexity index is 5280. The molecule has 628 valence electrons. The van der Waals surface area contributed by atoms with Crippen molar-refractivity contribution in [2.75, 3.05) is 43.8 Å². The Morgan fingerprint density at radius 1 is 0.359 bits per heavy atom. The lowest BCUT2D eigenvalue weighted by Crippen LogP contribution is -2.34. The highest BCUT2D eigenvalue weighted by molar-refractivity contribution is 7.59. The molecule has 14 heterocycles. The number of aromatic nitrogens is 21. The van der Waals surface area contributed by atoms with Gasteiger partial charge in [-0.3, -0.25) is 35.7 Å². The molecule has 4 atom stereocenters. The minimum absolute atomic E-state index is 0. The molecule has 29 heteroatoms. The fraction of sp³-hybridized carbons (Fsp3) is 0.523. The molecule has 117 heavy (non-hydrogen) atoms. The van der Waals surface area contributed by atoms with E-state index >= 15 is 0 Å². The molecule has 17 rings (SSSR count). The van der Waals surface area contributed by atoms with E-state index < -0.39 is 0 Å². The summed E-state index contributed by atoms with van der Waals surface area (Å²) in [6, 6.07) is 16.8. The van der Waals surface area contributed by atoms with Crippen LogP contribution in [0.1, 0.15) is 219 Å². The lowest BCUT2D eigenvalue weighted by Gasteiger charge is -2.32. The first-order chi connectivity index (χ1) is 55.8. The standard InChI is InChI=1S/C15H22N4.2C14H20N4.2C12H18N4.C11H16N4.C10H14N4.H2S/c1-10(12-6-4-3-5-7-12)17-15-14-11(2)18-19-13(14)8-9-16-15;1-9-3-5-11(6-4-9)16-14-13-10(2)17-18-12(13)7-8-15-14;1-10-13-12(17-16-10)8-9-15-14(13)18(2)11-6-4-3-5-7-11;2*1-7(2)8(3)14-12-11-9(4)15-16-10(11)5-6-13-12;1-4-7(2)13-11-10-8(3)14-15-9(10)5-6-12-11;1-6(2)12-10-9-7(3)13-14-8(9)4-5-11-10;/h8-10,12H,3-7H2,1-2H3,(H,16,17)(H,18,19);7-9,11H,3-6H2,1-2H3,(H,15,16)(H,17,18);8-9,11H,3-7H2,1-2H3,(H,16,17);2*5-8H,1-4H3,(H,13,14)(H,15,16);5-7H,4H2,1-3H3,(H,12,13)(H,14,15);4-6H,1-3H3,(H,11,12)(H,13,14);1H2/t10-;;;2*8-;7-;;/m1..101../s1. The molecule has 0 amide bonds. The normalized spacial score (nSPS) is 16.1. The van der Waals surface area contributed by atoms with Crippen LogP contribution in [0.2, 0.25) is 0 Å². The van der Waals surface area contributed by atoms with Crippen LogP contribution in [0.3, 0.4) is 0 Å². The second kappa shape index (κ2) is 41.9. The Kier molecular flexibility index (Phi) is 31.8. The summed E-state index contributed by atoms with van der Waals surface area (Å²) in [4.78, 5) is 33.4. The van der Waals surface area contributed by atoms with Crippen LogP contribution in [0.5, 0.6) is 0 Å². The second-order valence-electron chi connectivity index (χ2n) is 33.2. The number of nitrogens with zero attached hydrogens (tertiary/aromatic N) is 15. The summed E-state index contributed by atoms with van der Waals surface area (Å²) >= 11 is 0. The van der Waals surface area contributed by atoms with Crippen LogP contribution >= 0.6 is 13.5 Å². The molecule has 14 aromatic rings. The molecule has 3 saturated carbocycles. The third kappa shape index (κ3) is 22.7. The van der Waals surface area contributed by atoms with Crippen molar-refractivity contribution in [3.63, 3.8) is 0 Å². The number of hydrogen-bond donors (Lipinski definition) is 13. The summed E-state index contributed by atoms with van der Waals surface area (Å²) in [6.07, 6.45) is 32.3. The van der Waals surface area contributed by atoms with E-state index in [1.807, 2.05) is 103 Å². The van der Waals surface area contributed by atoms with Crippen molar-refractivity contribution in [3.8, 4) is 0 Å². The molecule has 0 aliphatic heterocycles. The van der Waals surface area contributed by atoms with E-state index in [1.54, 1.807) is 24.8 Å². The van der Waals surface area contributed by atoms with Crippen molar-refractivity contribution < 1.29 is 0 Å². The lowest BCUT2D eigenvalue weighted by molar-refractivity contribution is 0.328. The zero-order valence-electron chi connectivity index (χ0n) is 72.7. The Morgan fingerprint density at radius 2 is 0.658 bits per heavy atom. The Labute approximate surface area is 696 Å². The average Bonchev–Trinajstić information content (AvgIpc) is 1.73. The molecule has 3 aliphatic carbocycles. The van der Waals surface area contributed by atoms with Crippen molar-refractivity contribution in [2.45, 2.75) is 270 Å². The van der Waals surface area contributed by atoms with Crippen LogP contribution in [-0.2, 0) is 0 Å². The van der Waals surface area contributed by atoms with Gasteiger partial charge in [0.1, 0.15) is 40.7 Å². The van der Waals surface area contributed by atoms with Crippen LogP contribution in [0.15, 0.2) is 85.8 Å². The SMILES string of the molecule is CC[C@@H](C)Nc1nccc2n[nH]c(C)c12.Cc1[nH]nc2ccnc(N(C)C3CCCCC3)c12.Cc1[nH]nc2ccnc(NC(C)C)c12.Cc1[nH]nc2ccnc(NC3CCC(C)CC3)c12.Cc1[nH]nc2ccnc(N[C@@H](C)C(C)C)c12.Cc1[nH]nc2ccnc(N[C@H](C)C(C)C)c12.Cc1[nH]nc2ccnc(N[C@H](C)C3CCCCC3)c12.S. The third-order valence-corrected chi connectivity index (χ3v) is 23.2. The smallest absolute Gasteiger partial charge is 0.139 e. The van der Waals surface area contributed by atoms with Crippen LogP contribution in [0.4, 0.5) is 40.7 Å². The molecule has 0 bridgehead atoms. The number of aromatic amines is 7. The molecular formula is C88H130N28S. The van der Waals surface area contributed by atoms with Gasteiger partial charge in [0, 0.05) is 133 Å². The van der Waals surface area contributed by atoms with Crippen molar-refractivity contribution in [3.05, 3.63) is 126 Å². The fourth-order valence-corrected chi connectivity index (χ4v) is 15.3. The van der Waals surface area contributed by atoms with Gasteiger partial charge in [-0.1, -0.05) is 80.1 Å². The molecule has 0 aromatic carbocycles. The average molecular weight is 1610 g/mol. The number of aryl methyl sites for hydroxylation is 7. The maximum atomic E-state index is 4.58. The van der Waals surface area contributed by atoms with Crippen LogP contribution in [-0.4, -0.2) is 156 Å². The molecule has 0 radical (unpaired) electrons. The molecule has 3 fully saturated rings. The predicted octanol–water partition coefficient (Wildman–Crippen LogP) is 20.1. The molecule has 14 aromatic heterocycles. The van der Waals surface area contributed by atoms with Crippen LogP contribution in [0, 0.1) is 72.1 Å². The van der Waals surface area contributed by atoms with E-state index in [4.69, 9.17) is 0 Å². The summed E-state index contributed by atoms with van der Waals surface area (Å²) < 4.78 is 0. The number of anilines is 7. The van der Waals surface area contributed by atoms with Crippen molar-refractivity contribution in [2.24, 2.45) is 23.7 Å². The molecule has 28 nitrogen and oxygen atoms in total. The highest BCUT2D eigenvalue weighted by atomic mass is 32.1. The monoisotopic (exact) mass is 1610 g/mol. The van der Waals surface area contributed by atoms with Gasteiger partial charge in [-0.05, 0) is 214 Å². The summed E-state index contributed by atoms with van der Waals surface area (Å²) in [5.41, 5.74) is 14.4. The Balaban J connectivity index is 0.000000144. The topological polar surface area (TPSA) is 366 Å². The first kappa shape index (κ1) is 88.7. The first-order valence-corrected chi connectivity index (χ1v) is 42.3. The van der Waals surface area contributed by atoms with Gasteiger partial charge >= 0.3 is 0 Å². The molecule has 3 aliphatic rings. The number of hydrogen-bond acceptors (Lipinski definition) is 21. The summed E-state index contributed by atoms with van der Waals surface area (Å²) in [7, 11) is 2.17. The first-order valence-electron chi connectivity index (χ1n) is 42.3. The molecule has 0 unspecified atom stereocenters. The number of rotatable bonds is 18. The van der Waals surface area contributed by atoms with Crippen molar-refractivity contribution >= 4 is 131 Å². The fourth-order valence-electron chi connectivity index (χ4n) is 15.3. The van der Waals surface area contributed by atoms with E-state index in [9.17, 15) is 0 Å². The van der Waals surface area contributed by atoms with Crippen molar-refractivity contribution in [1.82, 2.24) is 106 Å². The summed E-state index contributed by atoms with van der Waals surface area (Å²) in [5, 5.41) is 79.4. The zero-order chi connectivity index (χ0) is 82.7. The third-order valence-electron chi connectivity index (χ3n) is 23.2. The van der Waals surface area contributed by atoms with Crippen LogP contribution < -0.4 is 36.8 Å². The quantitative estimate of drug-likeness (QED) is 0.0379. The van der Waals surface area contributed by atoms with Gasteiger partial charge in [-0.15, -0.1) is 0 Å². The van der Waals surface area contributed by atoms with E-state index in [1.165, 1.54) is 95.3 Å².